The van der Waals surface area contributed by atoms with Crippen molar-refractivity contribution in [2.45, 2.75) is 205 Å². The highest BCUT2D eigenvalue weighted by Crippen LogP contribution is 2.89. The predicted molar refractivity (Wildman–Crippen MR) is 207 cm³/mol. The van der Waals surface area contributed by atoms with Gasteiger partial charge in [-0.2, -0.15) is 0 Å². The first-order valence-electron chi connectivity index (χ1n) is 22.0. The third-order valence-corrected chi connectivity index (χ3v) is 17.8. The van der Waals surface area contributed by atoms with Gasteiger partial charge in [0.1, 0.15) is 24.4 Å². The molecule has 8 rings (SSSR count). The lowest BCUT2D eigenvalue weighted by Crippen LogP contribution is -2.65. The summed E-state index contributed by atoms with van der Waals surface area (Å²) in [6.45, 7) is 16.7. The molecule has 0 amide bonds. The van der Waals surface area contributed by atoms with Crippen molar-refractivity contribution in [2.24, 2.45) is 44.8 Å². The molecule has 15 nitrogen and oxygen atoms in total. The van der Waals surface area contributed by atoms with Crippen LogP contribution in [0.25, 0.3) is 0 Å². The van der Waals surface area contributed by atoms with E-state index in [0.29, 0.717) is 25.7 Å². The van der Waals surface area contributed by atoms with Crippen LogP contribution in [0.1, 0.15) is 120 Å². The van der Waals surface area contributed by atoms with Gasteiger partial charge >= 0.3 is 11.9 Å². The zero-order valence-corrected chi connectivity index (χ0v) is 36.3. The molecular weight excluding hydrogens is 768 g/mol. The van der Waals surface area contributed by atoms with Crippen LogP contribution < -0.4 is 0 Å². The van der Waals surface area contributed by atoms with Crippen LogP contribution in [-0.2, 0) is 42.7 Å². The van der Waals surface area contributed by atoms with E-state index >= 15 is 0 Å². The largest absolute Gasteiger partial charge is 0.455 e. The smallest absolute Gasteiger partial charge is 0.303 e. The molecule has 5 saturated carbocycles. The minimum absolute atomic E-state index is 0.0659. The Balaban J connectivity index is 1.13. The van der Waals surface area contributed by atoms with Crippen molar-refractivity contribution in [2.75, 3.05) is 13.2 Å². The van der Waals surface area contributed by atoms with E-state index < -0.39 is 96.1 Å². The number of aliphatic hydroxyl groups excluding tert-OH is 5. The molecule has 3 saturated heterocycles. The summed E-state index contributed by atoms with van der Waals surface area (Å²) < 4.78 is 43.5. The number of hydrogen-bond donors (Lipinski definition) is 6. The molecule has 336 valence electrons. The lowest BCUT2D eigenvalue weighted by molar-refractivity contribution is -0.327. The van der Waals surface area contributed by atoms with E-state index in [-0.39, 0.29) is 58.7 Å². The Labute approximate surface area is 347 Å². The van der Waals surface area contributed by atoms with E-state index in [0.717, 1.165) is 32.1 Å². The number of carbonyl (C=O) groups is 2. The van der Waals surface area contributed by atoms with Gasteiger partial charge < -0.3 is 63.8 Å². The molecule has 20 atom stereocenters. The highest BCUT2D eigenvalue weighted by atomic mass is 16.7. The van der Waals surface area contributed by atoms with Crippen molar-refractivity contribution < 1.29 is 73.4 Å². The highest BCUT2D eigenvalue weighted by Gasteiger charge is 2.85. The first kappa shape index (κ1) is 44.1. The summed E-state index contributed by atoms with van der Waals surface area (Å²) in [6.07, 6.45) is -5.24. The third-order valence-electron chi connectivity index (χ3n) is 17.8. The molecule has 8 aliphatic rings. The molecule has 6 N–H and O–H groups in total. The Hall–Kier alpha value is -1.50. The van der Waals surface area contributed by atoms with Gasteiger partial charge in [0.2, 0.25) is 0 Å². The molecule has 8 fully saturated rings. The highest BCUT2D eigenvalue weighted by molar-refractivity contribution is 5.67. The standard InChI is InChI=1S/C44H70O15/c1-21(45)55-32-25(49)19-54-37(33(32)56-22(2)46)58-28-11-13-44-20-43(44)15-14-40(7)34(42(9)12-10-29(59-42)39(5,6)52)23(47)17-41(40,8)27(43)16-26(35(44)38(28,3)4)57-36-31(51)30(50)24(48)18-53-36/h23-37,47-52H,10-20H2,1-9H3/t23-,24-,25+,26-,27-,28+,29+,30-,31-,32-,33-,34+,35-,36+,37+,40+,41-,42-,43-,44+/m0/s1. The Morgan fingerprint density at radius 3 is 1.98 bits per heavy atom. The second kappa shape index (κ2) is 14.5. The predicted octanol–water partition coefficient (Wildman–Crippen LogP) is 2.50. The van der Waals surface area contributed by atoms with Crippen LogP contribution in [0, 0.1) is 44.8 Å². The Morgan fingerprint density at radius 1 is 0.695 bits per heavy atom. The third kappa shape index (κ3) is 6.60. The molecular formula is C44H70O15. The molecule has 0 aromatic rings. The summed E-state index contributed by atoms with van der Waals surface area (Å²) in [5.41, 5.74) is -3.16. The van der Waals surface area contributed by atoms with Gasteiger partial charge in [0.05, 0.1) is 48.8 Å². The van der Waals surface area contributed by atoms with E-state index in [1.807, 2.05) is 0 Å². The van der Waals surface area contributed by atoms with Gasteiger partial charge in [-0.25, -0.2) is 0 Å². The van der Waals surface area contributed by atoms with Crippen LogP contribution in [0.5, 0.6) is 0 Å². The lowest BCUT2D eigenvalue weighted by atomic mass is 9.41. The number of hydrogen-bond acceptors (Lipinski definition) is 15. The average Bonchev–Trinajstić information content (AvgIpc) is 3.49. The van der Waals surface area contributed by atoms with Crippen molar-refractivity contribution in [1.29, 1.82) is 0 Å². The number of fused-ring (bicyclic) bond motifs is 2. The molecule has 0 unspecified atom stereocenters. The van der Waals surface area contributed by atoms with Crippen molar-refractivity contribution in [1.82, 2.24) is 0 Å². The minimum atomic E-state index is -1.49. The number of esters is 2. The maximum Gasteiger partial charge on any atom is 0.303 e. The molecule has 0 bridgehead atoms. The van der Waals surface area contributed by atoms with Gasteiger partial charge in [-0.15, -0.1) is 0 Å². The topological polar surface area (TPSA) is 220 Å². The van der Waals surface area contributed by atoms with Crippen molar-refractivity contribution >= 4 is 11.9 Å². The summed E-state index contributed by atoms with van der Waals surface area (Å²) >= 11 is 0. The fourth-order valence-electron chi connectivity index (χ4n) is 15.2. The number of ether oxygens (including phenoxy) is 7. The zero-order chi connectivity index (χ0) is 43.0. The van der Waals surface area contributed by atoms with Gasteiger partial charge in [0.15, 0.2) is 24.8 Å². The van der Waals surface area contributed by atoms with E-state index in [2.05, 4.69) is 34.6 Å². The molecule has 0 aromatic heterocycles. The van der Waals surface area contributed by atoms with Crippen molar-refractivity contribution in [3.8, 4) is 0 Å². The monoisotopic (exact) mass is 838 g/mol. The molecule has 3 heterocycles. The van der Waals surface area contributed by atoms with E-state index in [4.69, 9.17) is 33.2 Å². The van der Waals surface area contributed by atoms with Crippen molar-refractivity contribution in [3.05, 3.63) is 0 Å². The maximum absolute atomic E-state index is 12.3. The Morgan fingerprint density at radius 2 is 1.34 bits per heavy atom. The first-order valence-corrected chi connectivity index (χ1v) is 22.0. The number of carbonyl (C=O) groups excluding carboxylic acids is 2. The summed E-state index contributed by atoms with van der Waals surface area (Å²) in [6, 6.07) is 0. The Bertz CT molecular complexity index is 1630. The lowest BCUT2D eigenvalue weighted by Gasteiger charge is -2.65. The van der Waals surface area contributed by atoms with Crippen LogP contribution in [0.2, 0.25) is 0 Å². The molecule has 15 heteroatoms. The quantitative estimate of drug-likeness (QED) is 0.153. The van der Waals surface area contributed by atoms with Gasteiger partial charge in [-0.3, -0.25) is 9.59 Å². The van der Waals surface area contributed by atoms with Crippen LogP contribution >= 0.6 is 0 Å². The SMILES string of the molecule is CC(=O)O[C@@H]1[C@@H](O[C@@H]2CC[C@]34C[C@]35CC[C@]3(C)[C@H]([C@]6(C)CC[C@H](C(C)(C)O)O6)[C@@H](O)C[C@@]3(C)[C@@H]5C[C@H](O[C@H]3OC[C@H](O)[C@H](O)[C@@H]3O)[C@H]4C2(C)C)OC[C@@H](O)[C@@H]1OC(C)=O. The van der Waals surface area contributed by atoms with Gasteiger partial charge in [0.25, 0.3) is 0 Å². The van der Waals surface area contributed by atoms with Gasteiger partial charge in [-0.1, -0.05) is 27.7 Å². The van der Waals surface area contributed by atoms with Crippen LogP contribution in [0.3, 0.4) is 0 Å². The first-order chi connectivity index (χ1) is 27.3. The van der Waals surface area contributed by atoms with Crippen LogP contribution in [0.15, 0.2) is 0 Å². The molecule has 2 spiro atoms. The molecule has 5 aliphatic carbocycles. The second-order valence-electron chi connectivity index (χ2n) is 21.8. The van der Waals surface area contributed by atoms with Crippen molar-refractivity contribution in [3.63, 3.8) is 0 Å². The molecule has 3 aliphatic heterocycles. The van der Waals surface area contributed by atoms with Gasteiger partial charge in [0, 0.05) is 19.8 Å². The van der Waals surface area contributed by atoms with Gasteiger partial charge in [-0.05, 0) is 117 Å². The van der Waals surface area contributed by atoms with E-state index in [9.17, 15) is 40.2 Å². The number of rotatable bonds is 8. The normalized spacial score (nSPS) is 54.0. The fourth-order valence-corrected chi connectivity index (χ4v) is 15.2. The minimum Gasteiger partial charge on any atom is -0.455 e. The summed E-state index contributed by atoms with van der Waals surface area (Å²) in [5.74, 6) is -1.47. The van der Waals surface area contributed by atoms with E-state index in [1.54, 1.807) is 13.8 Å². The Kier molecular flexibility index (Phi) is 10.9. The summed E-state index contributed by atoms with van der Waals surface area (Å²) in [5, 5.41) is 66.3. The zero-order valence-electron chi connectivity index (χ0n) is 36.3. The average molecular weight is 839 g/mol. The molecule has 0 aromatic carbocycles. The summed E-state index contributed by atoms with van der Waals surface area (Å²) in [4.78, 5) is 24.4. The maximum atomic E-state index is 12.3. The molecule has 0 radical (unpaired) electrons. The van der Waals surface area contributed by atoms with Crippen LogP contribution in [-0.4, -0.2) is 141 Å². The van der Waals surface area contributed by atoms with E-state index in [1.165, 1.54) is 13.8 Å². The van der Waals surface area contributed by atoms with Crippen LogP contribution in [0.4, 0.5) is 0 Å². The fraction of sp³-hybridized carbons (Fsp3) is 0.955. The summed E-state index contributed by atoms with van der Waals surface area (Å²) in [7, 11) is 0. The molecule has 59 heavy (non-hydrogen) atoms. The number of aliphatic hydroxyl groups is 6. The second-order valence-corrected chi connectivity index (χ2v) is 21.8.